The van der Waals surface area contributed by atoms with E-state index >= 15 is 0 Å². The number of anilines is 1. The maximum atomic E-state index is 13.9. The van der Waals surface area contributed by atoms with Crippen molar-refractivity contribution in [2.24, 2.45) is 0 Å². The predicted octanol–water partition coefficient (Wildman–Crippen LogP) is 6.91. The number of carbonyl (C=O) groups excluding carboxylic acids is 1. The number of nitrogens with zero attached hydrogens (tertiary/aromatic N) is 1. The Labute approximate surface area is 205 Å². The number of rotatable bonds is 8. The fourth-order valence-electron chi connectivity index (χ4n) is 3.28. The summed E-state index contributed by atoms with van der Waals surface area (Å²) in [6, 6.07) is 17.5. The van der Waals surface area contributed by atoms with Crippen LogP contribution in [0, 0.1) is 11.6 Å². The molecule has 0 aliphatic heterocycles. The second-order valence-corrected chi connectivity index (χ2v) is 8.29. The van der Waals surface area contributed by atoms with E-state index in [1.54, 1.807) is 55.5 Å². The molecule has 0 spiro atoms. The van der Waals surface area contributed by atoms with E-state index in [0.29, 0.717) is 43.9 Å². The van der Waals surface area contributed by atoms with Crippen molar-refractivity contribution in [1.82, 2.24) is 4.98 Å². The van der Waals surface area contributed by atoms with Gasteiger partial charge in [0.1, 0.15) is 33.9 Å². The normalized spacial score (nSPS) is 10.6. The van der Waals surface area contributed by atoms with Crippen LogP contribution in [-0.4, -0.2) is 24.8 Å². The van der Waals surface area contributed by atoms with Crippen LogP contribution < -0.4 is 14.8 Å². The fourth-order valence-corrected chi connectivity index (χ4v) is 4.25. The second-order valence-electron chi connectivity index (χ2n) is 7.29. The number of benzene rings is 3. The number of amides is 1. The minimum atomic E-state index is -0.611. The molecular formula is C26H22F2N2O4S. The second kappa shape index (κ2) is 11.0. The Morgan fingerprint density at radius 1 is 1.00 bits per heavy atom. The highest BCUT2D eigenvalue weighted by molar-refractivity contribution is 7.19. The third-order valence-electron chi connectivity index (χ3n) is 4.99. The number of hydrogen-bond donors (Lipinski definition) is 1. The lowest BCUT2D eigenvalue weighted by molar-refractivity contribution is 0.168. The van der Waals surface area contributed by atoms with Gasteiger partial charge >= 0.3 is 6.09 Å². The zero-order valence-electron chi connectivity index (χ0n) is 19.0. The molecule has 0 aliphatic rings. The number of halogens is 2. The molecule has 0 radical (unpaired) electrons. The predicted molar refractivity (Wildman–Crippen MR) is 131 cm³/mol. The topological polar surface area (TPSA) is 69.7 Å². The summed E-state index contributed by atoms with van der Waals surface area (Å²) in [4.78, 5) is 16.8. The van der Waals surface area contributed by atoms with Crippen LogP contribution in [-0.2, 0) is 11.3 Å². The van der Waals surface area contributed by atoms with Crippen LogP contribution in [0.1, 0.15) is 12.5 Å². The lowest BCUT2D eigenvalue weighted by atomic mass is 10.1. The lowest BCUT2D eigenvalue weighted by Gasteiger charge is -2.12. The highest BCUT2D eigenvalue weighted by atomic mass is 32.1. The summed E-state index contributed by atoms with van der Waals surface area (Å²) in [5.41, 5.74) is 2.26. The Balaban J connectivity index is 1.64. The van der Waals surface area contributed by atoms with E-state index in [1.165, 1.54) is 36.6 Å². The Kier molecular flexibility index (Phi) is 7.57. The number of carbonyl (C=O) groups is 1. The molecule has 1 aromatic heterocycles. The summed E-state index contributed by atoms with van der Waals surface area (Å²) >= 11 is 1.24. The van der Waals surface area contributed by atoms with Gasteiger partial charge in [0.05, 0.1) is 13.7 Å². The van der Waals surface area contributed by atoms with Crippen molar-refractivity contribution in [3.63, 3.8) is 0 Å². The summed E-state index contributed by atoms with van der Waals surface area (Å²) in [5.74, 6) is 0.164. The third-order valence-corrected chi connectivity index (χ3v) is 6.01. The summed E-state index contributed by atoms with van der Waals surface area (Å²) in [5, 5.41) is 3.76. The van der Waals surface area contributed by atoms with Gasteiger partial charge in [-0.15, -0.1) is 0 Å². The molecule has 0 aliphatic carbocycles. The molecule has 0 saturated carbocycles. The van der Waals surface area contributed by atoms with Crippen molar-refractivity contribution in [3.05, 3.63) is 83.9 Å². The Hall–Kier alpha value is -3.98. The number of aromatic nitrogens is 1. The summed E-state index contributed by atoms with van der Waals surface area (Å²) in [7, 11) is 1.51. The largest absolute Gasteiger partial charge is 0.493 e. The number of methoxy groups -OCH3 is 1. The molecular weight excluding hydrogens is 474 g/mol. The molecule has 0 atom stereocenters. The molecule has 35 heavy (non-hydrogen) atoms. The molecule has 0 saturated heterocycles. The van der Waals surface area contributed by atoms with Gasteiger partial charge in [-0.25, -0.2) is 18.6 Å². The average molecular weight is 497 g/mol. The number of thiazole rings is 1. The summed E-state index contributed by atoms with van der Waals surface area (Å²) in [6.45, 7) is 1.97. The minimum absolute atomic E-state index is 0.0436. The maximum Gasteiger partial charge on any atom is 0.412 e. The number of hydrogen-bond acceptors (Lipinski definition) is 6. The van der Waals surface area contributed by atoms with Gasteiger partial charge in [0.15, 0.2) is 11.5 Å². The first-order valence-electron chi connectivity index (χ1n) is 10.7. The van der Waals surface area contributed by atoms with Gasteiger partial charge in [-0.05, 0) is 55.5 Å². The lowest BCUT2D eigenvalue weighted by Crippen LogP contribution is -2.12. The highest BCUT2D eigenvalue weighted by Gasteiger charge is 2.19. The molecule has 1 heterocycles. The van der Waals surface area contributed by atoms with Crippen LogP contribution in [0.15, 0.2) is 66.7 Å². The van der Waals surface area contributed by atoms with Crippen LogP contribution in [0.5, 0.6) is 11.5 Å². The van der Waals surface area contributed by atoms with Crippen molar-refractivity contribution < 1.29 is 27.8 Å². The van der Waals surface area contributed by atoms with Crippen molar-refractivity contribution >= 4 is 22.4 Å². The molecule has 0 bridgehead atoms. The molecule has 0 fully saturated rings. The monoisotopic (exact) mass is 496 g/mol. The van der Waals surface area contributed by atoms with E-state index in [0.717, 1.165) is 0 Å². The highest BCUT2D eigenvalue weighted by Crippen LogP contribution is 2.40. The third kappa shape index (κ3) is 5.75. The van der Waals surface area contributed by atoms with Gasteiger partial charge in [0.25, 0.3) is 0 Å². The van der Waals surface area contributed by atoms with Crippen LogP contribution in [0.2, 0.25) is 0 Å². The zero-order chi connectivity index (χ0) is 24.8. The average Bonchev–Trinajstić information content (AvgIpc) is 3.27. The summed E-state index contributed by atoms with van der Waals surface area (Å²) in [6.07, 6.45) is -0.611. The first kappa shape index (κ1) is 24.2. The first-order valence-corrected chi connectivity index (χ1v) is 11.5. The minimum Gasteiger partial charge on any atom is -0.493 e. The number of ether oxygens (including phenoxy) is 3. The van der Waals surface area contributed by atoms with E-state index in [4.69, 9.17) is 14.2 Å². The van der Waals surface area contributed by atoms with E-state index in [2.05, 4.69) is 10.3 Å². The molecule has 0 unspecified atom stereocenters. The van der Waals surface area contributed by atoms with Crippen LogP contribution in [0.3, 0.4) is 0 Å². The van der Waals surface area contributed by atoms with Gasteiger partial charge in [-0.3, -0.25) is 5.32 Å². The fraction of sp³-hybridized carbons (Fsp3) is 0.154. The smallest absolute Gasteiger partial charge is 0.412 e. The van der Waals surface area contributed by atoms with E-state index < -0.39 is 6.09 Å². The van der Waals surface area contributed by atoms with Crippen molar-refractivity contribution in [3.8, 4) is 33.3 Å². The molecule has 180 valence electrons. The van der Waals surface area contributed by atoms with Gasteiger partial charge in [0, 0.05) is 16.7 Å². The molecule has 9 heteroatoms. The number of nitrogens with one attached hydrogen (secondary N) is 1. The zero-order valence-corrected chi connectivity index (χ0v) is 19.8. The van der Waals surface area contributed by atoms with Gasteiger partial charge in [0.2, 0.25) is 0 Å². The summed E-state index contributed by atoms with van der Waals surface area (Å²) < 4.78 is 43.6. The van der Waals surface area contributed by atoms with Gasteiger partial charge < -0.3 is 14.2 Å². The molecule has 6 nitrogen and oxygen atoms in total. The Morgan fingerprint density at radius 2 is 1.74 bits per heavy atom. The van der Waals surface area contributed by atoms with Crippen molar-refractivity contribution in [2.75, 3.05) is 19.0 Å². The first-order chi connectivity index (χ1) is 17.0. The molecule has 1 N–H and O–H groups in total. The van der Waals surface area contributed by atoms with E-state index in [9.17, 15) is 13.6 Å². The molecule has 4 aromatic rings. The van der Waals surface area contributed by atoms with E-state index in [1.807, 2.05) is 0 Å². The molecule has 1 amide bonds. The Morgan fingerprint density at radius 3 is 2.46 bits per heavy atom. The Bertz CT molecular complexity index is 1330. The van der Waals surface area contributed by atoms with Gasteiger partial charge in [-0.2, -0.15) is 0 Å². The quantitative estimate of drug-likeness (QED) is 0.287. The SMILES string of the molecule is CCOC(=O)Nc1sc(-c2ccc(OCc3ccccc3F)c(OC)c2)nc1-c1ccc(F)cc1. The van der Waals surface area contributed by atoms with Crippen molar-refractivity contribution in [1.29, 1.82) is 0 Å². The van der Waals surface area contributed by atoms with Crippen LogP contribution in [0.25, 0.3) is 21.8 Å². The van der Waals surface area contributed by atoms with Crippen molar-refractivity contribution in [2.45, 2.75) is 13.5 Å². The molecule has 4 rings (SSSR count). The maximum absolute atomic E-state index is 13.9. The van der Waals surface area contributed by atoms with Crippen LogP contribution in [0.4, 0.5) is 18.6 Å². The van der Waals surface area contributed by atoms with Crippen LogP contribution >= 0.6 is 11.3 Å². The molecule has 3 aromatic carbocycles. The van der Waals surface area contributed by atoms with E-state index in [-0.39, 0.29) is 24.8 Å². The standard InChI is InChI=1S/C26H22F2N2O4S/c1-3-33-26(31)30-25-23(16-8-11-19(27)12-9-16)29-24(35-25)17-10-13-21(22(14-17)32-2)34-15-18-6-4-5-7-20(18)28/h4-14H,3,15H2,1-2H3,(H,30,31). The van der Waals surface area contributed by atoms with Gasteiger partial charge in [-0.1, -0.05) is 29.5 Å².